The topological polar surface area (TPSA) is 76.3 Å². The van der Waals surface area contributed by atoms with E-state index < -0.39 is 5.60 Å². The number of nitrogens with zero attached hydrogens (tertiary/aromatic N) is 1. The van der Waals surface area contributed by atoms with Crippen LogP contribution in [-0.2, 0) is 6.54 Å². The Kier molecular flexibility index (Phi) is 4.44. The highest BCUT2D eigenvalue weighted by molar-refractivity contribution is 5.31. The fraction of sp³-hybridized carbons (Fsp3) is 0.417. The van der Waals surface area contributed by atoms with Crippen molar-refractivity contribution in [2.45, 2.75) is 19.1 Å². The summed E-state index contributed by atoms with van der Waals surface area (Å²) in [6.07, 6.45) is 0. The molecular weight excluding hydrogens is 204 g/mol. The lowest BCUT2D eigenvalue weighted by Crippen LogP contribution is -2.40. The fourth-order valence-electron chi connectivity index (χ4n) is 1.23. The summed E-state index contributed by atoms with van der Waals surface area (Å²) in [6.45, 7) is 2.22. The number of nitriles is 1. The van der Waals surface area contributed by atoms with E-state index >= 15 is 0 Å². The van der Waals surface area contributed by atoms with Gasteiger partial charge in [-0.25, -0.2) is 0 Å². The van der Waals surface area contributed by atoms with Crippen LogP contribution in [0.3, 0.4) is 0 Å². The third-order valence-electron chi connectivity index (χ3n) is 2.26. The van der Waals surface area contributed by atoms with Gasteiger partial charge in [0.25, 0.3) is 0 Å². The van der Waals surface area contributed by atoms with Crippen molar-refractivity contribution in [1.82, 2.24) is 5.32 Å². The molecule has 0 saturated heterocycles. The van der Waals surface area contributed by atoms with E-state index in [1.54, 1.807) is 19.1 Å². The van der Waals surface area contributed by atoms with Crippen molar-refractivity contribution in [2.75, 3.05) is 13.2 Å². The van der Waals surface area contributed by atoms with Crippen LogP contribution in [-0.4, -0.2) is 29.0 Å². The number of aliphatic hydroxyl groups excluding tert-OH is 1. The molecule has 0 radical (unpaired) electrons. The van der Waals surface area contributed by atoms with Gasteiger partial charge < -0.3 is 15.5 Å². The molecule has 16 heavy (non-hydrogen) atoms. The summed E-state index contributed by atoms with van der Waals surface area (Å²) in [7, 11) is 0. The smallest absolute Gasteiger partial charge is 0.0991 e. The molecule has 4 heteroatoms. The summed E-state index contributed by atoms with van der Waals surface area (Å²) < 4.78 is 0. The molecule has 0 heterocycles. The molecule has 0 fully saturated rings. The Bertz CT molecular complexity index is 366. The summed E-state index contributed by atoms with van der Waals surface area (Å²) in [5, 5.41) is 30.0. The molecule has 0 saturated carbocycles. The van der Waals surface area contributed by atoms with Gasteiger partial charge in [-0.1, -0.05) is 12.1 Å². The van der Waals surface area contributed by atoms with Gasteiger partial charge in [-0.2, -0.15) is 5.26 Å². The van der Waals surface area contributed by atoms with Gasteiger partial charge in [-0.3, -0.25) is 0 Å². The van der Waals surface area contributed by atoms with Gasteiger partial charge in [0.2, 0.25) is 0 Å². The van der Waals surface area contributed by atoms with E-state index in [1.807, 2.05) is 12.1 Å². The quantitative estimate of drug-likeness (QED) is 0.671. The molecule has 0 amide bonds. The zero-order valence-electron chi connectivity index (χ0n) is 9.27. The van der Waals surface area contributed by atoms with Crippen molar-refractivity contribution in [3.8, 4) is 6.07 Å². The average Bonchev–Trinajstić information content (AvgIpc) is 2.30. The van der Waals surface area contributed by atoms with Crippen LogP contribution in [0.5, 0.6) is 0 Å². The summed E-state index contributed by atoms with van der Waals surface area (Å²) in [5.41, 5.74) is 0.575. The summed E-state index contributed by atoms with van der Waals surface area (Å²) in [4.78, 5) is 0. The summed E-state index contributed by atoms with van der Waals surface area (Å²) in [5.74, 6) is 0. The molecule has 1 aromatic carbocycles. The lowest BCUT2D eigenvalue weighted by atomic mass is 10.1. The Balaban J connectivity index is 2.41. The zero-order chi connectivity index (χ0) is 12.0. The van der Waals surface area contributed by atoms with Gasteiger partial charge in [0.1, 0.15) is 0 Å². The molecule has 0 aliphatic carbocycles. The Morgan fingerprint density at radius 1 is 1.38 bits per heavy atom. The standard InChI is InChI=1S/C12H16N2O2/c1-12(16,9-15)8-14-7-11-4-2-10(6-13)3-5-11/h2-5,14-16H,7-9H2,1H3. The molecule has 86 valence electrons. The maximum Gasteiger partial charge on any atom is 0.0991 e. The first-order chi connectivity index (χ1) is 7.57. The molecule has 4 nitrogen and oxygen atoms in total. The predicted octanol–water partition coefficient (Wildman–Crippen LogP) is 0.391. The number of rotatable bonds is 5. The van der Waals surface area contributed by atoms with E-state index in [0.717, 1.165) is 5.56 Å². The second-order valence-electron chi connectivity index (χ2n) is 4.07. The van der Waals surface area contributed by atoms with Gasteiger partial charge in [0.15, 0.2) is 0 Å². The SMILES string of the molecule is CC(O)(CO)CNCc1ccc(C#N)cc1. The monoisotopic (exact) mass is 220 g/mol. The average molecular weight is 220 g/mol. The van der Waals surface area contributed by atoms with E-state index in [4.69, 9.17) is 10.4 Å². The maximum absolute atomic E-state index is 9.53. The minimum atomic E-state index is -1.09. The highest BCUT2D eigenvalue weighted by atomic mass is 16.3. The minimum absolute atomic E-state index is 0.270. The van der Waals surface area contributed by atoms with Crippen LogP contribution in [0, 0.1) is 11.3 Å². The van der Waals surface area contributed by atoms with Crippen LogP contribution >= 0.6 is 0 Å². The highest BCUT2D eigenvalue weighted by Crippen LogP contribution is 2.04. The first-order valence-electron chi connectivity index (χ1n) is 5.10. The largest absolute Gasteiger partial charge is 0.393 e. The van der Waals surface area contributed by atoms with Gasteiger partial charge in [0, 0.05) is 13.1 Å². The molecule has 3 N–H and O–H groups in total. The first kappa shape index (κ1) is 12.7. The van der Waals surface area contributed by atoms with Crippen LogP contribution in [0.15, 0.2) is 24.3 Å². The Hall–Kier alpha value is -1.41. The van der Waals surface area contributed by atoms with Crippen LogP contribution < -0.4 is 5.32 Å². The lowest BCUT2D eigenvalue weighted by Gasteiger charge is -2.20. The Labute approximate surface area is 95.2 Å². The molecule has 0 aliphatic rings. The van der Waals surface area contributed by atoms with Crippen molar-refractivity contribution < 1.29 is 10.2 Å². The normalized spacial score (nSPS) is 14.1. The maximum atomic E-state index is 9.53. The molecule has 1 aromatic rings. The molecule has 1 unspecified atom stereocenters. The van der Waals surface area contributed by atoms with E-state index in [-0.39, 0.29) is 6.61 Å². The van der Waals surface area contributed by atoms with E-state index in [0.29, 0.717) is 18.7 Å². The van der Waals surface area contributed by atoms with Crippen molar-refractivity contribution in [3.05, 3.63) is 35.4 Å². The second-order valence-corrected chi connectivity index (χ2v) is 4.07. The number of hydrogen-bond acceptors (Lipinski definition) is 4. The molecule has 0 bridgehead atoms. The van der Waals surface area contributed by atoms with Crippen molar-refractivity contribution in [2.24, 2.45) is 0 Å². The first-order valence-corrected chi connectivity index (χ1v) is 5.10. The number of aliphatic hydroxyl groups is 2. The fourth-order valence-corrected chi connectivity index (χ4v) is 1.23. The van der Waals surface area contributed by atoms with Crippen LogP contribution in [0.25, 0.3) is 0 Å². The zero-order valence-corrected chi connectivity index (χ0v) is 9.27. The summed E-state index contributed by atoms with van der Waals surface area (Å²) in [6, 6.07) is 9.27. The number of hydrogen-bond donors (Lipinski definition) is 3. The van der Waals surface area contributed by atoms with Crippen LogP contribution in [0.2, 0.25) is 0 Å². The molecular formula is C12H16N2O2. The molecule has 1 rings (SSSR count). The van der Waals surface area contributed by atoms with Crippen molar-refractivity contribution in [1.29, 1.82) is 5.26 Å². The van der Waals surface area contributed by atoms with E-state index in [9.17, 15) is 5.11 Å². The number of nitrogens with one attached hydrogen (secondary N) is 1. The molecule has 0 aromatic heterocycles. The highest BCUT2D eigenvalue weighted by Gasteiger charge is 2.17. The van der Waals surface area contributed by atoms with Crippen molar-refractivity contribution in [3.63, 3.8) is 0 Å². The van der Waals surface area contributed by atoms with E-state index in [2.05, 4.69) is 11.4 Å². The molecule has 0 spiro atoms. The Morgan fingerprint density at radius 3 is 2.50 bits per heavy atom. The third-order valence-corrected chi connectivity index (χ3v) is 2.26. The van der Waals surface area contributed by atoms with Crippen LogP contribution in [0.1, 0.15) is 18.1 Å². The van der Waals surface area contributed by atoms with Gasteiger partial charge in [-0.05, 0) is 24.6 Å². The molecule has 1 atom stereocenters. The van der Waals surface area contributed by atoms with Gasteiger partial charge in [0.05, 0.1) is 23.8 Å². The van der Waals surface area contributed by atoms with Crippen molar-refractivity contribution >= 4 is 0 Å². The second kappa shape index (κ2) is 5.61. The summed E-state index contributed by atoms with van der Waals surface area (Å²) >= 11 is 0. The minimum Gasteiger partial charge on any atom is -0.393 e. The lowest BCUT2D eigenvalue weighted by molar-refractivity contribution is 0.00254. The molecule has 0 aliphatic heterocycles. The third kappa shape index (κ3) is 3.99. The Morgan fingerprint density at radius 2 is 2.00 bits per heavy atom. The predicted molar refractivity (Wildman–Crippen MR) is 60.6 cm³/mol. The van der Waals surface area contributed by atoms with Crippen LogP contribution in [0.4, 0.5) is 0 Å². The van der Waals surface area contributed by atoms with Gasteiger partial charge in [-0.15, -0.1) is 0 Å². The van der Waals surface area contributed by atoms with E-state index in [1.165, 1.54) is 0 Å². The number of benzene rings is 1. The van der Waals surface area contributed by atoms with Gasteiger partial charge >= 0.3 is 0 Å².